The quantitative estimate of drug-likeness (QED) is 0.649. The second-order valence-electron chi connectivity index (χ2n) is 4.10. The van der Waals surface area contributed by atoms with Gasteiger partial charge in [0.25, 0.3) is 0 Å². The highest BCUT2D eigenvalue weighted by molar-refractivity contribution is 7.07. The van der Waals surface area contributed by atoms with Gasteiger partial charge >= 0.3 is 5.97 Å². The number of nitrogens with one attached hydrogen (secondary N) is 1. The lowest BCUT2D eigenvalue weighted by Crippen LogP contribution is -2.16. The molecular formula is C14H16N2O2S. The first-order chi connectivity index (χ1) is 9.29. The number of rotatable bonds is 6. The number of carbonyl (C=O) groups excluding carboxylic acids is 1. The second kappa shape index (κ2) is 7.01. The molecule has 1 aromatic carbocycles. The maximum absolute atomic E-state index is 11.3. The van der Waals surface area contributed by atoms with Crippen molar-refractivity contribution in [3.63, 3.8) is 0 Å². The number of esters is 1. The molecule has 0 amide bonds. The summed E-state index contributed by atoms with van der Waals surface area (Å²) < 4.78 is 4.66. The number of thiazole rings is 1. The molecule has 0 spiro atoms. The van der Waals surface area contributed by atoms with Gasteiger partial charge in [0, 0.05) is 24.9 Å². The average molecular weight is 276 g/mol. The standard InChI is InChI=1S/C14H16N2O2S/c1-18-14(17)12-4-2-11(3-5-12)8-15-7-6-13-9-19-10-16-13/h2-5,9-10,15H,6-8H2,1H3. The van der Waals surface area contributed by atoms with Crippen LogP contribution in [-0.2, 0) is 17.7 Å². The van der Waals surface area contributed by atoms with Crippen molar-refractivity contribution in [2.24, 2.45) is 0 Å². The predicted molar refractivity (Wildman–Crippen MR) is 75.3 cm³/mol. The van der Waals surface area contributed by atoms with Gasteiger partial charge in [-0.05, 0) is 17.7 Å². The van der Waals surface area contributed by atoms with E-state index >= 15 is 0 Å². The van der Waals surface area contributed by atoms with Gasteiger partial charge in [0.15, 0.2) is 0 Å². The van der Waals surface area contributed by atoms with Crippen LogP contribution in [0.2, 0.25) is 0 Å². The first kappa shape index (κ1) is 13.7. The molecule has 2 rings (SSSR count). The number of carbonyl (C=O) groups is 1. The smallest absolute Gasteiger partial charge is 0.337 e. The van der Waals surface area contributed by atoms with Crippen molar-refractivity contribution in [2.45, 2.75) is 13.0 Å². The Hall–Kier alpha value is -1.72. The van der Waals surface area contributed by atoms with E-state index in [9.17, 15) is 4.79 Å². The second-order valence-corrected chi connectivity index (χ2v) is 4.81. The van der Waals surface area contributed by atoms with E-state index in [1.807, 2.05) is 17.6 Å². The lowest BCUT2D eigenvalue weighted by molar-refractivity contribution is 0.0600. The molecule has 0 fully saturated rings. The van der Waals surface area contributed by atoms with E-state index in [4.69, 9.17) is 0 Å². The van der Waals surface area contributed by atoms with Gasteiger partial charge in [0.2, 0.25) is 0 Å². The van der Waals surface area contributed by atoms with Crippen molar-refractivity contribution in [3.05, 3.63) is 52.0 Å². The fourth-order valence-electron chi connectivity index (χ4n) is 1.69. The first-order valence-electron chi connectivity index (χ1n) is 6.04. The van der Waals surface area contributed by atoms with Gasteiger partial charge in [-0.1, -0.05) is 12.1 Å². The molecule has 0 saturated heterocycles. The Kier molecular flexibility index (Phi) is 5.06. The van der Waals surface area contributed by atoms with Gasteiger partial charge in [-0.3, -0.25) is 0 Å². The van der Waals surface area contributed by atoms with Crippen molar-refractivity contribution in [1.29, 1.82) is 0 Å². The van der Waals surface area contributed by atoms with Gasteiger partial charge in [-0.15, -0.1) is 11.3 Å². The molecule has 2 aromatic rings. The molecule has 0 saturated carbocycles. The monoisotopic (exact) mass is 276 g/mol. The minimum atomic E-state index is -0.303. The van der Waals surface area contributed by atoms with Gasteiger partial charge < -0.3 is 10.1 Å². The number of nitrogens with zero attached hydrogens (tertiary/aromatic N) is 1. The molecule has 0 bridgehead atoms. The Labute approximate surface area is 116 Å². The third-order valence-electron chi connectivity index (χ3n) is 2.75. The summed E-state index contributed by atoms with van der Waals surface area (Å²) in [4.78, 5) is 15.5. The maximum atomic E-state index is 11.3. The highest BCUT2D eigenvalue weighted by Crippen LogP contribution is 2.06. The van der Waals surface area contributed by atoms with Crippen molar-refractivity contribution in [3.8, 4) is 0 Å². The molecule has 0 radical (unpaired) electrons. The van der Waals surface area contributed by atoms with Crippen LogP contribution in [0.25, 0.3) is 0 Å². The van der Waals surface area contributed by atoms with Gasteiger partial charge in [-0.2, -0.15) is 0 Å². The van der Waals surface area contributed by atoms with Gasteiger partial charge in [0.05, 0.1) is 23.9 Å². The van der Waals surface area contributed by atoms with Crippen LogP contribution in [0.5, 0.6) is 0 Å². The highest BCUT2D eigenvalue weighted by atomic mass is 32.1. The molecule has 1 N–H and O–H groups in total. The molecule has 1 aromatic heterocycles. The summed E-state index contributed by atoms with van der Waals surface area (Å²) in [6.45, 7) is 1.67. The fraction of sp³-hybridized carbons (Fsp3) is 0.286. The number of ether oxygens (including phenoxy) is 1. The van der Waals surface area contributed by atoms with Crippen LogP contribution in [0.15, 0.2) is 35.2 Å². The highest BCUT2D eigenvalue weighted by Gasteiger charge is 2.03. The fourth-order valence-corrected chi connectivity index (χ4v) is 2.28. The molecule has 1 heterocycles. The van der Waals surface area contributed by atoms with E-state index in [-0.39, 0.29) is 5.97 Å². The molecule has 0 aliphatic carbocycles. The topological polar surface area (TPSA) is 51.2 Å². The summed E-state index contributed by atoms with van der Waals surface area (Å²) in [6.07, 6.45) is 0.934. The number of methoxy groups -OCH3 is 1. The van der Waals surface area contributed by atoms with Gasteiger partial charge in [0.1, 0.15) is 0 Å². The Morgan fingerprint density at radius 1 is 1.37 bits per heavy atom. The summed E-state index contributed by atoms with van der Waals surface area (Å²) in [6, 6.07) is 7.43. The zero-order chi connectivity index (χ0) is 13.5. The minimum Gasteiger partial charge on any atom is -0.465 e. The molecule has 100 valence electrons. The summed E-state index contributed by atoms with van der Waals surface area (Å²) in [5.41, 5.74) is 4.69. The normalized spacial score (nSPS) is 10.4. The van der Waals surface area contributed by atoms with E-state index in [1.165, 1.54) is 7.11 Å². The molecular weight excluding hydrogens is 260 g/mol. The number of hydrogen-bond acceptors (Lipinski definition) is 5. The molecule has 0 aliphatic heterocycles. The van der Waals surface area contributed by atoms with Crippen LogP contribution in [-0.4, -0.2) is 24.6 Å². The Balaban J connectivity index is 1.75. The van der Waals surface area contributed by atoms with Crippen molar-refractivity contribution >= 4 is 17.3 Å². The number of aromatic nitrogens is 1. The molecule has 5 heteroatoms. The zero-order valence-electron chi connectivity index (χ0n) is 10.8. The first-order valence-corrected chi connectivity index (χ1v) is 6.99. The van der Waals surface area contributed by atoms with Crippen LogP contribution in [0.1, 0.15) is 21.6 Å². The largest absolute Gasteiger partial charge is 0.465 e. The third kappa shape index (κ3) is 4.15. The minimum absolute atomic E-state index is 0.303. The van der Waals surface area contributed by atoms with E-state index in [1.54, 1.807) is 23.5 Å². The van der Waals surface area contributed by atoms with E-state index in [2.05, 4.69) is 20.4 Å². The van der Waals surface area contributed by atoms with Crippen LogP contribution in [0.4, 0.5) is 0 Å². The van der Waals surface area contributed by atoms with E-state index < -0.39 is 0 Å². The summed E-state index contributed by atoms with van der Waals surface area (Å²) in [5.74, 6) is -0.303. The summed E-state index contributed by atoms with van der Waals surface area (Å²) in [7, 11) is 1.39. The Morgan fingerprint density at radius 2 is 2.16 bits per heavy atom. The van der Waals surface area contributed by atoms with Crippen LogP contribution in [0, 0.1) is 0 Å². The lowest BCUT2D eigenvalue weighted by atomic mass is 10.1. The third-order valence-corrected chi connectivity index (χ3v) is 3.38. The molecule has 0 unspecified atom stereocenters. The van der Waals surface area contributed by atoms with Crippen LogP contribution < -0.4 is 5.32 Å². The number of benzene rings is 1. The van der Waals surface area contributed by atoms with Crippen molar-refractivity contribution < 1.29 is 9.53 Å². The molecule has 19 heavy (non-hydrogen) atoms. The summed E-state index contributed by atoms with van der Waals surface area (Å²) >= 11 is 1.62. The summed E-state index contributed by atoms with van der Waals surface area (Å²) in [5, 5.41) is 5.41. The zero-order valence-corrected chi connectivity index (χ0v) is 11.6. The van der Waals surface area contributed by atoms with Crippen LogP contribution in [0.3, 0.4) is 0 Å². The molecule has 0 atom stereocenters. The maximum Gasteiger partial charge on any atom is 0.337 e. The van der Waals surface area contributed by atoms with E-state index in [0.29, 0.717) is 5.56 Å². The molecule has 0 aliphatic rings. The number of hydrogen-bond donors (Lipinski definition) is 1. The predicted octanol–water partition coefficient (Wildman–Crippen LogP) is 2.26. The van der Waals surface area contributed by atoms with E-state index in [0.717, 1.165) is 30.8 Å². The Morgan fingerprint density at radius 3 is 2.79 bits per heavy atom. The molecule has 4 nitrogen and oxygen atoms in total. The SMILES string of the molecule is COC(=O)c1ccc(CNCCc2cscn2)cc1. The Bertz CT molecular complexity index is 509. The lowest BCUT2D eigenvalue weighted by Gasteiger charge is -2.05. The van der Waals surface area contributed by atoms with Crippen molar-refractivity contribution in [2.75, 3.05) is 13.7 Å². The van der Waals surface area contributed by atoms with Crippen molar-refractivity contribution in [1.82, 2.24) is 10.3 Å². The average Bonchev–Trinajstić information content (AvgIpc) is 2.96. The van der Waals surface area contributed by atoms with Crippen LogP contribution >= 0.6 is 11.3 Å². The van der Waals surface area contributed by atoms with Gasteiger partial charge in [-0.25, -0.2) is 9.78 Å².